The lowest BCUT2D eigenvalue weighted by Crippen LogP contribution is -2.23. The molecule has 136 valence electrons. The van der Waals surface area contributed by atoms with Crippen molar-refractivity contribution in [3.05, 3.63) is 36.8 Å². The van der Waals surface area contributed by atoms with Crippen molar-refractivity contribution in [3.8, 4) is 11.3 Å². The van der Waals surface area contributed by atoms with Crippen LogP contribution in [-0.4, -0.2) is 39.6 Å². The highest BCUT2D eigenvalue weighted by Gasteiger charge is 2.19. The maximum absolute atomic E-state index is 12.1. The van der Waals surface area contributed by atoms with Crippen LogP contribution in [0.5, 0.6) is 0 Å². The predicted octanol–water partition coefficient (Wildman–Crippen LogP) is 3.05. The van der Waals surface area contributed by atoms with Crippen LogP contribution in [-0.2, 0) is 10.0 Å². The molecule has 0 aliphatic heterocycles. The molecular weight excluding hydrogens is 350 g/mol. The Balaban J connectivity index is 1.75. The van der Waals surface area contributed by atoms with E-state index in [9.17, 15) is 8.42 Å². The number of hydrogen-bond acceptors (Lipinski definition) is 6. The summed E-state index contributed by atoms with van der Waals surface area (Å²) in [6, 6.07) is 5.84. The smallest absolute Gasteiger partial charge is 0.237 e. The molecule has 1 N–H and O–H groups in total. The summed E-state index contributed by atoms with van der Waals surface area (Å²) in [6.45, 7) is 0. The molecular formula is C18H21N5O2S. The van der Waals surface area contributed by atoms with Crippen molar-refractivity contribution in [2.45, 2.75) is 38.1 Å². The summed E-state index contributed by atoms with van der Waals surface area (Å²) in [4.78, 5) is 13.2. The SMILES string of the molecule is CS(=O)(=O)n1cc(-c2ccnc(NC3CCCCC3)n2)c2cccnc21. The second kappa shape index (κ2) is 6.68. The molecule has 7 nitrogen and oxygen atoms in total. The van der Waals surface area contributed by atoms with Gasteiger partial charge in [0.1, 0.15) is 0 Å². The van der Waals surface area contributed by atoms with Crippen molar-refractivity contribution < 1.29 is 8.42 Å². The number of anilines is 1. The summed E-state index contributed by atoms with van der Waals surface area (Å²) in [5.41, 5.74) is 1.82. The van der Waals surface area contributed by atoms with Crippen molar-refractivity contribution in [2.75, 3.05) is 11.6 Å². The van der Waals surface area contributed by atoms with Gasteiger partial charge in [0, 0.05) is 35.6 Å². The maximum atomic E-state index is 12.1. The lowest BCUT2D eigenvalue weighted by molar-refractivity contribution is 0.461. The molecule has 0 amide bonds. The van der Waals surface area contributed by atoms with Crippen molar-refractivity contribution in [2.24, 2.45) is 0 Å². The Morgan fingerprint density at radius 3 is 2.69 bits per heavy atom. The predicted molar refractivity (Wildman–Crippen MR) is 101 cm³/mol. The fraction of sp³-hybridized carbons (Fsp3) is 0.389. The lowest BCUT2D eigenvalue weighted by Gasteiger charge is -2.22. The number of hydrogen-bond donors (Lipinski definition) is 1. The monoisotopic (exact) mass is 371 g/mol. The molecule has 1 fully saturated rings. The summed E-state index contributed by atoms with van der Waals surface area (Å²) in [6.07, 6.45) is 12.0. The molecule has 0 radical (unpaired) electrons. The van der Waals surface area contributed by atoms with Gasteiger partial charge < -0.3 is 5.32 Å². The highest BCUT2D eigenvalue weighted by atomic mass is 32.2. The minimum atomic E-state index is -3.45. The first-order chi connectivity index (χ1) is 12.5. The van der Waals surface area contributed by atoms with E-state index in [1.807, 2.05) is 6.07 Å². The van der Waals surface area contributed by atoms with Crippen LogP contribution < -0.4 is 5.32 Å². The number of nitrogens with zero attached hydrogens (tertiary/aromatic N) is 4. The van der Waals surface area contributed by atoms with Crippen molar-refractivity contribution in [3.63, 3.8) is 0 Å². The van der Waals surface area contributed by atoms with Gasteiger partial charge in [0.05, 0.1) is 11.9 Å². The summed E-state index contributed by atoms with van der Waals surface area (Å²) in [7, 11) is -3.45. The molecule has 8 heteroatoms. The molecule has 4 rings (SSSR count). The number of pyridine rings is 1. The Bertz CT molecular complexity index is 1040. The third-order valence-electron chi connectivity index (χ3n) is 4.76. The summed E-state index contributed by atoms with van der Waals surface area (Å²) in [5.74, 6) is 0.582. The fourth-order valence-electron chi connectivity index (χ4n) is 3.50. The minimum absolute atomic E-state index is 0.401. The first-order valence-corrected chi connectivity index (χ1v) is 10.6. The summed E-state index contributed by atoms with van der Waals surface area (Å²) >= 11 is 0. The number of nitrogens with one attached hydrogen (secondary N) is 1. The van der Waals surface area contributed by atoms with E-state index in [0.717, 1.165) is 23.8 Å². The quantitative estimate of drug-likeness (QED) is 0.758. The third kappa shape index (κ3) is 3.29. The van der Waals surface area contributed by atoms with Crippen LogP contribution in [0.2, 0.25) is 0 Å². The summed E-state index contributed by atoms with van der Waals surface area (Å²) < 4.78 is 25.4. The van der Waals surface area contributed by atoms with Crippen LogP contribution in [0.25, 0.3) is 22.3 Å². The van der Waals surface area contributed by atoms with Crippen LogP contribution in [0.15, 0.2) is 36.8 Å². The highest BCUT2D eigenvalue weighted by Crippen LogP contribution is 2.30. The van der Waals surface area contributed by atoms with E-state index in [-0.39, 0.29) is 0 Å². The molecule has 1 saturated carbocycles. The minimum Gasteiger partial charge on any atom is -0.351 e. The van der Waals surface area contributed by atoms with Crippen molar-refractivity contribution in [1.82, 2.24) is 18.9 Å². The molecule has 0 spiro atoms. The number of fused-ring (bicyclic) bond motifs is 1. The largest absolute Gasteiger partial charge is 0.351 e. The first-order valence-electron chi connectivity index (χ1n) is 8.79. The molecule has 3 aromatic heterocycles. The van der Waals surface area contributed by atoms with E-state index in [2.05, 4.69) is 20.3 Å². The van der Waals surface area contributed by atoms with Gasteiger partial charge in [-0.1, -0.05) is 19.3 Å². The zero-order chi connectivity index (χ0) is 18.1. The average Bonchev–Trinajstić information content (AvgIpc) is 3.03. The second-order valence-electron chi connectivity index (χ2n) is 6.72. The molecule has 0 atom stereocenters. The second-order valence-corrected chi connectivity index (χ2v) is 8.58. The summed E-state index contributed by atoms with van der Waals surface area (Å²) in [5, 5.41) is 4.16. The molecule has 0 saturated heterocycles. The van der Waals surface area contributed by atoms with E-state index in [4.69, 9.17) is 0 Å². The Hall–Kier alpha value is -2.48. The first kappa shape index (κ1) is 17.0. The third-order valence-corrected chi connectivity index (χ3v) is 5.75. The van der Waals surface area contributed by atoms with Gasteiger partial charge in [0.25, 0.3) is 0 Å². The fourth-order valence-corrected chi connectivity index (χ4v) is 4.25. The van der Waals surface area contributed by atoms with Crippen molar-refractivity contribution >= 4 is 27.0 Å². The van der Waals surface area contributed by atoms with E-state index < -0.39 is 10.0 Å². The van der Waals surface area contributed by atoms with Gasteiger partial charge in [-0.15, -0.1) is 0 Å². The molecule has 3 heterocycles. The van der Waals surface area contributed by atoms with Gasteiger partial charge in [-0.2, -0.15) is 0 Å². The van der Waals surface area contributed by atoms with Gasteiger partial charge in [-0.3, -0.25) is 0 Å². The lowest BCUT2D eigenvalue weighted by atomic mass is 9.96. The zero-order valence-corrected chi connectivity index (χ0v) is 15.4. The molecule has 26 heavy (non-hydrogen) atoms. The van der Waals surface area contributed by atoms with E-state index in [0.29, 0.717) is 23.3 Å². The molecule has 0 unspecified atom stereocenters. The average molecular weight is 371 g/mol. The maximum Gasteiger partial charge on any atom is 0.237 e. The van der Waals surface area contributed by atoms with Gasteiger partial charge >= 0.3 is 0 Å². The Morgan fingerprint density at radius 1 is 1.12 bits per heavy atom. The van der Waals surface area contributed by atoms with Gasteiger partial charge in [-0.25, -0.2) is 27.3 Å². The van der Waals surface area contributed by atoms with Crippen LogP contribution in [0.4, 0.5) is 5.95 Å². The van der Waals surface area contributed by atoms with Gasteiger partial charge in [-0.05, 0) is 31.0 Å². The van der Waals surface area contributed by atoms with Crippen LogP contribution in [0, 0.1) is 0 Å². The van der Waals surface area contributed by atoms with E-state index in [1.165, 1.54) is 29.5 Å². The van der Waals surface area contributed by atoms with E-state index >= 15 is 0 Å². The Labute approximate surface area is 152 Å². The Kier molecular flexibility index (Phi) is 4.36. The molecule has 3 aromatic rings. The topological polar surface area (TPSA) is 89.8 Å². The number of aromatic nitrogens is 4. The van der Waals surface area contributed by atoms with Gasteiger partial charge in [0.15, 0.2) is 5.65 Å². The van der Waals surface area contributed by atoms with Crippen LogP contribution in [0.1, 0.15) is 32.1 Å². The van der Waals surface area contributed by atoms with Crippen molar-refractivity contribution in [1.29, 1.82) is 0 Å². The molecule has 1 aliphatic rings. The Morgan fingerprint density at radius 2 is 1.92 bits per heavy atom. The highest BCUT2D eigenvalue weighted by molar-refractivity contribution is 7.89. The van der Waals surface area contributed by atoms with Crippen LogP contribution >= 0.6 is 0 Å². The molecule has 1 aliphatic carbocycles. The number of rotatable bonds is 4. The normalized spacial score (nSPS) is 16.0. The standard InChI is InChI=1S/C18H21N5O2S/c1-26(24,25)23-12-15(14-8-5-10-19-17(14)23)16-9-11-20-18(22-16)21-13-6-3-2-4-7-13/h5,8-13H,2-4,6-7H2,1H3,(H,20,21,22). The zero-order valence-electron chi connectivity index (χ0n) is 14.6. The molecule has 0 aromatic carbocycles. The van der Waals surface area contributed by atoms with Gasteiger partial charge in [0.2, 0.25) is 16.0 Å². The van der Waals surface area contributed by atoms with E-state index in [1.54, 1.807) is 30.7 Å². The van der Waals surface area contributed by atoms with Crippen LogP contribution in [0.3, 0.4) is 0 Å². The molecule has 0 bridgehead atoms.